The van der Waals surface area contributed by atoms with E-state index < -0.39 is 10.0 Å². The molecule has 0 spiro atoms. The minimum absolute atomic E-state index is 0.0180. The number of carbonyl (C=O) groups is 1. The Hall–Kier alpha value is -2.78. The predicted octanol–water partition coefficient (Wildman–Crippen LogP) is 3.13. The first-order valence-electron chi connectivity index (χ1n) is 10.6. The molecule has 1 aliphatic carbocycles. The number of ether oxygens (including phenoxy) is 3. The molecule has 2 aliphatic rings. The van der Waals surface area contributed by atoms with Gasteiger partial charge in [0.05, 0.1) is 27.4 Å². The third-order valence-corrected chi connectivity index (χ3v) is 7.45. The van der Waals surface area contributed by atoms with Crippen molar-refractivity contribution >= 4 is 15.9 Å². The van der Waals surface area contributed by atoms with Gasteiger partial charge in [-0.3, -0.25) is 4.79 Å². The molecule has 1 saturated carbocycles. The first kappa shape index (κ1) is 22.4. The van der Waals surface area contributed by atoms with E-state index in [2.05, 4.69) is 4.72 Å². The number of rotatable bonds is 8. The Labute approximate surface area is 188 Å². The van der Waals surface area contributed by atoms with Gasteiger partial charge in [0.2, 0.25) is 10.0 Å². The van der Waals surface area contributed by atoms with E-state index in [1.165, 1.54) is 19.2 Å². The molecule has 1 aliphatic heterocycles. The van der Waals surface area contributed by atoms with Crippen molar-refractivity contribution in [1.29, 1.82) is 0 Å². The van der Waals surface area contributed by atoms with E-state index in [1.54, 1.807) is 31.3 Å². The normalized spacial score (nSPS) is 18.5. The fraction of sp³-hybridized carbons (Fsp3) is 0.435. The highest BCUT2D eigenvalue weighted by molar-refractivity contribution is 7.89. The molecule has 1 heterocycles. The number of nitrogens with one attached hydrogen (secondary N) is 1. The highest BCUT2D eigenvalue weighted by Gasteiger charge is 2.34. The highest BCUT2D eigenvalue weighted by atomic mass is 32.2. The Morgan fingerprint density at radius 3 is 2.38 bits per heavy atom. The van der Waals surface area contributed by atoms with E-state index in [0.717, 1.165) is 31.2 Å². The van der Waals surface area contributed by atoms with Gasteiger partial charge in [-0.25, -0.2) is 13.1 Å². The Morgan fingerprint density at radius 1 is 0.969 bits per heavy atom. The van der Waals surface area contributed by atoms with Crippen molar-refractivity contribution in [2.45, 2.75) is 42.7 Å². The lowest BCUT2D eigenvalue weighted by Gasteiger charge is -2.27. The summed E-state index contributed by atoms with van der Waals surface area (Å²) in [6, 6.07) is 9.90. The molecule has 8 nitrogen and oxygen atoms in total. The molecule has 32 heavy (non-hydrogen) atoms. The molecule has 1 amide bonds. The van der Waals surface area contributed by atoms with Crippen molar-refractivity contribution in [1.82, 2.24) is 9.62 Å². The van der Waals surface area contributed by atoms with Crippen molar-refractivity contribution < 1.29 is 27.4 Å². The molecule has 2 aromatic rings. The third-order valence-electron chi connectivity index (χ3n) is 5.91. The van der Waals surface area contributed by atoms with E-state index in [0.29, 0.717) is 23.6 Å². The molecule has 0 radical (unpaired) electrons. The van der Waals surface area contributed by atoms with Gasteiger partial charge in [0.15, 0.2) is 0 Å². The quantitative estimate of drug-likeness (QED) is 0.651. The summed E-state index contributed by atoms with van der Waals surface area (Å²) in [6.45, 7) is 0.577. The van der Waals surface area contributed by atoms with Crippen molar-refractivity contribution in [3.05, 3.63) is 47.5 Å². The number of hydrogen-bond acceptors (Lipinski definition) is 6. The molecule has 0 aromatic heterocycles. The number of amides is 1. The summed E-state index contributed by atoms with van der Waals surface area (Å²) in [5, 5.41) is 0. The first-order valence-corrected chi connectivity index (χ1v) is 12.1. The van der Waals surface area contributed by atoms with Crippen LogP contribution in [-0.4, -0.2) is 53.1 Å². The van der Waals surface area contributed by atoms with Gasteiger partial charge in [0.1, 0.15) is 22.1 Å². The lowest BCUT2D eigenvalue weighted by molar-refractivity contribution is 0.0734. The van der Waals surface area contributed by atoms with E-state index in [1.807, 2.05) is 12.1 Å². The summed E-state index contributed by atoms with van der Waals surface area (Å²) >= 11 is 0. The van der Waals surface area contributed by atoms with Crippen molar-refractivity contribution in [2.75, 3.05) is 27.9 Å². The number of likely N-dealkylation sites (tertiary alicyclic amines) is 1. The average molecular weight is 461 g/mol. The van der Waals surface area contributed by atoms with E-state index in [9.17, 15) is 13.2 Å². The van der Waals surface area contributed by atoms with E-state index >= 15 is 0 Å². The largest absolute Gasteiger partial charge is 0.497 e. The van der Waals surface area contributed by atoms with Gasteiger partial charge < -0.3 is 19.1 Å². The van der Waals surface area contributed by atoms with Crippen LogP contribution in [0, 0.1) is 0 Å². The van der Waals surface area contributed by atoms with E-state index in [-0.39, 0.29) is 28.6 Å². The number of methoxy groups -OCH3 is 3. The fourth-order valence-electron chi connectivity index (χ4n) is 4.10. The lowest BCUT2D eigenvalue weighted by atomic mass is 10.0. The second-order valence-corrected chi connectivity index (χ2v) is 9.71. The number of carbonyl (C=O) groups excluding carboxylic acids is 1. The van der Waals surface area contributed by atoms with Crippen molar-refractivity contribution in [3.63, 3.8) is 0 Å². The summed E-state index contributed by atoms with van der Waals surface area (Å²) in [6.07, 6.45) is 3.27. The first-order chi connectivity index (χ1) is 15.4. The maximum atomic E-state index is 13.5. The molecule has 1 atom stereocenters. The Balaban J connectivity index is 1.66. The standard InChI is InChI=1S/C23H28N2O6S/c1-29-17-9-10-18(21(14-17)31-3)19-5-4-12-25(19)23(26)15-6-11-20(30-2)22(13-15)32(27,28)24-16-7-8-16/h6,9-11,13-14,16,19,24H,4-5,7-8,12H2,1-3H3/t19-/m0/s1. The zero-order valence-electron chi connectivity index (χ0n) is 18.5. The number of sulfonamides is 1. The molecule has 2 aromatic carbocycles. The van der Waals surface area contributed by atoms with Crippen LogP contribution in [0.5, 0.6) is 17.2 Å². The summed E-state index contributed by atoms with van der Waals surface area (Å²) in [4.78, 5) is 15.2. The van der Waals surface area contributed by atoms with Crippen LogP contribution in [0.3, 0.4) is 0 Å². The lowest BCUT2D eigenvalue weighted by Crippen LogP contribution is -2.31. The van der Waals surface area contributed by atoms with Crippen LogP contribution >= 0.6 is 0 Å². The van der Waals surface area contributed by atoms with Crippen LogP contribution in [0.25, 0.3) is 0 Å². The summed E-state index contributed by atoms with van der Waals surface area (Å²) in [5.41, 5.74) is 1.21. The zero-order valence-corrected chi connectivity index (χ0v) is 19.3. The summed E-state index contributed by atoms with van der Waals surface area (Å²) < 4.78 is 44.4. The van der Waals surface area contributed by atoms with Crippen molar-refractivity contribution in [2.24, 2.45) is 0 Å². The van der Waals surface area contributed by atoms with E-state index in [4.69, 9.17) is 14.2 Å². The Morgan fingerprint density at radius 2 is 1.72 bits per heavy atom. The Kier molecular flexibility index (Phi) is 6.30. The minimum Gasteiger partial charge on any atom is -0.497 e. The van der Waals surface area contributed by atoms with Gasteiger partial charge in [0.25, 0.3) is 5.91 Å². The number of hydrogen-bond donors (Lipinski definition) is 1. The maximum Gasteiger partial charge on any atom is 0.254 e. The summed E-state index contributed by atoms with van der Waals surface area (Å²) in [7, 11) is 0.814. The molecule has 1 saturated heterocycles. The summed E-state index contributed by atoms with van der Waals surface area (Å²) in [5.74, 6) is 1.32. The fourth-order valence-corrected chi connectivity index (χ4v) is 5.60. The second kappa shape index (κ2) is 8.99. The van der Waals surface area contributed by atoms with Crippen LogP contribution in [-0.2, 0) is 10.0 Å². The molecule has 4 rings (SSSR count). The van der Waals surface area contributed by atoms with Crippen LogP contribution in [0.15, 0.2) is 41.3 Å². The van der Waals surface area contributed by atoms with Crippen LogP contribution < -0.4 is 18.9 Å². The topological polar surface area (TPSA) is 94.2 Å². The Bertz CT molecular complexity index is 1110. The molecule has 2 fully saturated rings. The average Bonchev–Trinajstić information content (AvgIpc) is 3.48. The van der Waals surface area contributed by atoms with Crippen LogP contribution in [0.1, 0.15) is 47.6 Å². The molecule has 0 bridgehead atoms. The number of benzene rings is 2. The monoisotopic (exact) mass is 460 g/mol. The van der Waals surface area contributed by atoms with Crippen LogP contribution in [0.4, 0.5) is 0 Å². The molecular formula is C23H28N2O6S. The highest BCUT2D eigenvalue weighted by Crippen LogP contribution is 2.40. The molecule has 1 N–H and O–H groups in total. The van der Waals surface area contributed by atoms with Gasteiger partial charge in [-0.05, 0) is 56.0 Å². The van der Waals surface area contributed by atoms with Gasteiger partial charge >= 0.3 is 0 Å². The van der Waals surface area contributed by atoms with Crippen LogP contribution in [0.2, 0.25) is 0 Å². The van der Waals surface area contributed by atoms with Gasteiger partial charge in [-0.2, -0.15) is 0 Å². The van der Waals surface area contributed by atoms with Gasteiger partial charge in [0, 0.05) is 29.8 Å². The van der Waals surface area contributed by atoms with Gasteiger partial charge in [-0.15, -0.1) is 0 Å². The maximum absolute atomic E-state index is 13.5. The smallest absolute Gasteiger partial charge is 0.254 e. The number of nitrogens with zero attached hydrogens (tertiary/aromatic N) is 1. The SMILES string of the molecule is COc1ccc([C@@H]2CCCN2C(=O)c2ccc(OC)c(S(=O)(=O)NC3CC3)c2)c(OC)c1. The minimum atomic E-state index is -3.78. The molecular weight excluding hydrogens is 432 g/mol. The molecule has 9 heteroatoms. The predicted molar refractivity (Wildman–Crippen MR) is 119 cm³/mol. The zero-order chi connectivity index (χ0) is 22.9. The third kappa shape index (κ3) is 4.40. The molecule has 0 unspecified atom stereocenters. The molecule has 172 valence electrons. The van der Waals surface area contributed by atoms with Crippen molar-refractivity contribution in [3.8, 4) is 17.2 Å². The second-order valence-electron chi connectivity index (χ2n) is 8.03. The van der Waals surface area contributed by atoms with Gasteiger partial charge in [-0.1, -0.05) is 0 Å².